The predicted molar refractivity (Wildman–Crippen MR) is 72.9 cm³/mol. The molecule has 0 aliphatic carbocycles. The highest BCUT2D eigenvalue weighted by atomic mass is 16.6. The van der Waals surface area contributed by atoms with E-state index in [-0.39, 0.29) is 11.1 Å². The maximum absolute atomic E-state index is 11.7. The summed E-state index contributed by atoms with van der Waals surface area (Å²) in [7, 11) is 0. The van der Waals surface area contributed by atoms with Gasteiger partial charge in [-0.2, -0.15) is 5.26 Å². The SMILES string of the molecule is Cc1cc2c(cc1-c1cc[nH]c(=O)c1C#N)OCCO2. The maximum atomic E-state index is 11.7. The molecule has 0 bridgehead atoms. The minimum atomic E-state index is -0.390. The van der Waals surface area contributed by atoms with Crippen molar-refractivity contribution in [2.45, 2.75) is 6.92 Å². The maximum Gasteiger partial charge on any atom is 0.266 e. The van der Waals surface area contributed by atoms with Crippen molar-refractivity contribution in [2.24, 2.45) is 0 Å². The average molecular weight is 268 g/mol. The van der Waals surface area contributed by atoms with Crippen LogP contribution in [0.5, 0.6) is 11.5 Å². The van der Waals surface area contributed by atoms with Crippen molar-refractivity contribution in [3.63, 3.8) is 0 Å². The number of aromatic amines is 1. The molecule has 1 aliphatic rings. The number of hydrogen-bond donors (Lipinski definition) is 1. The van der Waals surface area contributed by atoms with Crippen LogP contribution < -0.4 is 15.0 Å². The number of aryl methyl sites for hydroxylation is 1. The van der Waals surface area contributed by atoms with Gasteiger partial charge in [-0.15, -0.1) is 0 Å². The normalized spacial score (nSPS) is 12.8. The van der Waals surface area contributed by atoms with Crippen molar-refractivity contribution >= 4 is 0 Å². The number of rotatable bonds is 1. The second kappa shape index (κ2) is 4.74. The molecule has 2 heterocycles. The van der Waals surface area contributed by atoms with Crippen molar-refractivity contribution in [3.05, 3.63) is 45.9 Å². The largest absolute Gasteiger partial charge is 0.486 e. The van der Waals surface area contributed by atoms with E-state index in [0.717, 1.165) is 11.1 Å². The summed E-state index contributed by atoms with van der Waals surface area (Å²) in [4.78, 5) is 14.2. The molecule has 0 spiro atoms. The van der Waals surface area contributed by atoms with E-state index < -0.39 is 0 Å². The molecule has 0 fully saturated rings. The number of nitrogens with zero attached hydrogens (tertiary/aromatic N) is 1. The Bertz CT molecular complexity index is 772. The lowest BCUT2D eigenvalue weighted by Crippen LogP contribution is -2.16. The number of hydrogen-bond acceptors (Lipinski definition) is 4. The number of pyridine rings is 1. The standard InChI is InChI=1S/C15H12N2O3/c1-9-6-13-14(20-5-4-19-13)7-11(9)10-2-3-17-15(18)12(10)8-16/h2-3,6-7H,4-5H2,1H3,(H,17,18). The van der Waals surface area contributed by atoms with Crippen LogP contribution in [0.25, 0.3) is 11.1 Å². The molecule has 5 heteroatoms. The zero-order valence-electron chi connectivity index (χ0n) is 10.9. The summed E-state index contributed by atoms with van der Waals surface area (Å²) in [6.07, 6.45) is 1.54. The molecule has 1 aliphatic heterocycles. The van der Waals surface area contributed by atoms with E-state index in [4.69, 9.17) is 14.7 Å². The van der Waals surface area contributed by atoms with E-state index in [1.165, 1.54) is 6.20 Å². The Morgan fingerprint density at radius 3 is 2.60 bits per heavy atom. The van der Waals surface area contributed by atoms with Gasteiger partial charge in [0.25, 0.3) is 5.56 Å². The second-order valence-corrected chi connectivity index (χ2v) is 4.52. The molecule has 1 aromatic heterocycles. The van der Waals surface area contributed by atoms with E-state index in [0.29, 0.717) is 30.3 Å². The van der Waals surface area contributed by atoms with Gasteiger partial charge in [-0.3, -0.25) is 4.79 Å². The molecule has 0 amide bonds. The van der Waals surface area contributed by atoms with E-state index in [1.807, 2.05) is 25.1 Å². The van der Waals surface area contributed by atoms with Gasteiger partial charge in [0, 0.05) is 11.8 Å². The van der Waals surface area contributed by atoms with Gasteiger partial charge in [-0.05, 0) is 36.2 Å². The van der Waals surface area contributed by atoms with Crippen molar-refractivity contribution in [1.82, 2.24) is 4.98 Å². The monoisotopic (exact) mass is 268 g/mol. The first kappa shape index (κ1) is 12.3. The number of H-pyrrole nitrogens is 1. The van der Waals surface area contributed by atoms with E-state index in [9.17, 15) is 4.79 Å². The van der Waals surface area contributed by atoms with E-state index in [1.54, 1.807) is 6.07 Å². The Morgan fingerprint density at radius 2 is 1.90 bits per heavy atom. The number of ether oxygens (including phenoxy) is 2. The molecular weight excluding hydrogens is 256 g/mol. The summed E-state index contributed by atoms with van der Waals surface area (Å²) in [5.41, 5.74) is 2.05. The van der Waals surface area contributed by atoms with Crippen LogP contribution in [0, 0.1) is 18.3 Å². The number of fused-ring (bicyclic) bond motifs is 1. The summed E-state index contributed by atoms with van der Waals surface area (Å²) in [6.45, 7) is 2.94. The Morgan fingerprint density at radius 1 is 1.20 bits per heavy atom. The number of nitriles is 1. The topological polar surface area (TPSA) is 75.1 Å². The molecule has 100 valence electrons. The summed E-state index contributed by atoms with van der Waals surface area (Å²) >= 11 is 0. The summed E-state index contributed by atoms with van der Waals surface area (Å²) < 4.78 is 11.1. The van der Waals surface area contributed by atoms with E-state index in [2.05, 4.69) is 4.98 Å². The number of aromatic nitrogens is 1. The molecule has 0 unspecified atom stereocenters. The van der Waals surface area contributed by atoms with Crippen molar-refractivity contribution in [3.8, 4) is 28.7 Å². The Labute approximate surface area is 115 Å². The molecular formula is C15H12N2O3. The lowest BCUT2D eigenvalue weighted by molar-refractivity contribution is 0.171. The van der Waals surface area contributed by atoms with Crippen LogP contribution in [0.15, 0.2) is 29.2 Å². The summed E-state index contributed by atoms with van der Waals surface area (Å²) in [6, 6.07) is 7.36. The van der Waals surface area contributed by atoms with Gasteiger partial charge in [0.05, 0.1) is 0 Å². The second-order valence-electron chi connectivity index (χ2n) is 4.52. The highest BCUT2D eigenvalue weighted by molar-refractivity contribution is 5.75. The molecule has 0 saturated carbocycles. The fourth-order valence-corrected chi connectivity index (χ4v) is 2.29. The van der Waals surface area contributed by atoms with E-state index >= 15 is 0 Å². The lowest BCUT2D eigenvalue weighted by atomic mass is 9.97. The molecule has 0 saturated heterocycles. The minimum absolute atomic E-state index is 0.104. The summed E-state index contributed by atoms with van der Waals surface area (Å²) in [5, 5.41) is 9.16. The quantitative estimate of drug-likeness (QED) is 0.858. The van der Waals surface area contributed by atoms with Gasteiger partial charge in [0.1, 0.15) is 24.8 Å². The van der Waals surface area contributed by atoms with Crippen LogP contribution in [0.3, 0.4) is 0 Å². The highest BCUT2D eigenvalue weighted by Crippen LogP contribution is 2.37. The van der Waals surface area contributed by atoms with Crippen LogP contribution >= 0.6 is 0 Å². The van der Waals surface area contributed by atoms with Gasteiger partial charge >= 0.3 is 0 Å². The Balaban J connectivity index is 2.23. The molecule has 0 atom stereocenters. The first-order valence-corrected chi connectivity index (χ1v) is 6.23. The molecule has 3 rings (SSSR count). The molecule has 20 heavy (non-hydrogen) atoms. The van der Waals surface area contributed by atoms with Crippen LogP contribution in [0.2, 0.25) is 0 Å². The van der Waals surface area contributed by atoms with Crippen LogP contribution in [-0.4, -0.2) is 18.2 Å². The molecule has 0 radical (unpaired) electrons. The van der Waals surface area contributed by atoms with Gasteiger partial charge in [0.15, 0.2) is 11.5 Å². The Kier molecular flexibility index (Phi) is 2.92. The molecule has 2 aromatic rings. The number of benzene rings is 1. The summed E-state index contributed by atoms with van der Waals surface area (Å²) in [5.74, 6) is 1.34. The zero-order chi connectivity index (χ0) is 14.1. The fourth-order valence-electron chi connectivity index (χ4n) is 2.29. The van der Waals surface area contributed by atoms with Crippen molar-refractivity contribution in [2.75, 3.05) is 13.2 Å². The van der Waals surface area contributed by atoms with Crippen molar-refractivity contribution < 1.29 is 9.47 Å². The highest BCUT2D eigenvalue weighted by Gasteiger charge is 2.17. The van der Waals surface area contributed by atoms with Gasteiger partial charge in [-0.1, -0.05) is 0 Å². The molecule has 1 N–H and O–H groups in total. The first-order chi connectivity index (χ1) is 9.70. The van der Waals surface area contributed by atoms with Gasteiger partial charge in [0.2, 0.25) is 0 Å². The third-order valence-electron chi connectivity index (χ3n) is 3.25. The number of nitrogens with one attached hydrogen (secondary N) is 1. The predicted octanol–water partition coefficient (Wildman–Crippen LogP) is 1.99. The zero-order valence-corrected chi connectivity index (χ0v) is 10.9. The third kappa shape index (κ3) is 1.91. The average Bonchev–Trinajstić information content (AvgIpc) is 2.46. The van der Waals surface area contributed by atoms with Crippen molar-refractivity contribution in [1.29, 1.82) is 5.26 Å². The lowest BCUT2D eigenvalue weighted by Gasteiger charge is -2.20. The molecule has 1 aromatic carbocycles. The van der Waals surface area contributed by atoms with Crippen LogP contribution in [0.1, 0.15) is 11.1 Å². The van der Waals surface area contributed by atoms with Gasteiger partial charge in [-0.25, -0.2) is 0 Å². The Hall–Kier alpha value is -2.74. The van der Waals surface area contributed by atoms with Crippen LogP contribution in [0.4, 0.5) is 0 Å². The molecule has 5 nitrogen and oxygen atoms in total. The fraction of sp³-hybridized carbons (Fsp3) is 0.200. The van der Waals surface area contributed by atoms with Crippen LogP contribution in [-0.2, 0) is 0 Å². The van der Waals surface area contributed by atoms with Gasteiger partial charge < -0.3 is 14.5 Å². The first-order valence-electron chi connectivity index (χ1n) is 6.23. The third-order valence-corrected chi connectivity index (χ3v) is 3.25. The smallest absolute Gasteiger partial charge is 0.266 e. The minimum Gasteiger partial charge on any atom is -0.486 e.